The lowest BCUT2D eigenvalue weighted by Gasteiger charge is -2.14. The lowest BCUT2D eigenvalue weighted by atomic mass is 9.97. The van der Waals surface area contributed by atoms with E-state index in [4.69, 9.17) is 15.2 Å². The lowest BCUT2D eigenvalue weighted by molar-refractivity contribution is 0.146. The van der Waals surface area contributed by atoms with Crippen molar-refractivity contribution >= 4 is 17.6 Å². The van der Waals surface area contributed by atoms with Gasteiger partial charge in [-0.2, -0.15) is 10.5 Å². The van der Waals surface area contributed by atoms with Gasteiger partial charge in [0, 0.05) is 30.3 Å². The van der Waals surface area contributed by atoms with Gasteiger partial charge in [0.1, 0.15) is 40.9 Å². The fourth-order valence-electron chi connectivity index (χ4n) is 2.97. The maximum Gasteiger partial charge on any atom is 0.143 e. The molecule has 0 unspecified atom stereocenters. The van der Waals surface area contributed by atoms with E-state index in [1.165, 1.54) is 11.8 Å². The second-order valence-electron chi connectivity index (χ2n) is 6.55. The maximum atomic E-state index is 9.92. The Labute approximate surface area is 185 Å². The van der Waals surface area contributed by atoms with E-state index in [2.05, 4.69) is 22.1 Å². The molecule has 3 aromatic rings. The Morgan fingerprint density at radius 1 is 1.06 bits per heavy atom. The molecule has 0 atom stereocenters. The van der Waals surface area contributed by atoms with Crippen LogP contribution in [0.4, 0.5) is 5.82 Å². The Bertz CT molecular complexity index is 1150. The Kier molecular flexibility index (Phi) is 7.45. The third kappa shape index (κ3) is 5.13. The minimum Gasteiger partial charge on any atom is -0.491 e. The molecule has 8 heteroatoms. The van der Waals surface area contributed by atoms with Gasteiger partial charge < -0.3 is 15.2 Å². The number of aromatic nitrogens is 2. The highest BCUT2D eigenvalue weighted by molar-refractivity contribution is 7.98. The average molecular weight is 432 g/mol. The van der Waals surface area contributed by atoms with Crippen LogP contribution >= 0.6 is 11.8 Å². The van der Waals surface area contributed by atoms with E-state index < -0.39 is 0 Å². The first-order chi connectivity index (χ1) is 15.1. The molecular weight excluding hydrogens is 410 g/mol. The van der Waals surface area contributed by atoms with E-state index in [9.17, 15) is 10.5 Å². The predicted molar refractivity (Wildman–Crippen MR) is 119 cm³/mol. The van der Waals surface area contributed by atoms with Crippen molar-refractivity contribution in [3.8, 4) is 29.0 Å². The number of nitrogen functional groups attached to an aromatic ring is 1. The number of methoxy groups -OCH3 is 1. The first-order valence-corrected chi connectivity index (χ1v) is 10.5. The first-order valence-electron chi connectivity index (χ1n) is 9.48. The third-order valence-corrected chi connectivity index (χ3v) is 5.62. The Hall–Kier alpha value is -3.59. The van der Waals surface area contributed by atoms with Gasteiger partial charge in [-0.25, -0.2) is 4.98 Å². The van der Waals surface area contributed by atoms with Crippen LogP contribution in [-0.4, -0.2) is 30.3 Å². The predicted octanol–water partition coefficient (Wildman–Crippen LogP) is 4.10. The van der Waals surface area contributed by atoms with E-state index in [0.29, 0.717) is 46.4 Å². The zero-order chi connectivity index (χ0) is 22.2. The Morgan fingerprint density at radius 2 is 1.81 bits per heavy atom. The molecule has 2 heterocycles. The molecule has 0 saturated heterocycles. The molecule has 0 aliphatic rings. The van der Waals surface area contributed by atoms with Crippen LogP contribution in [-0.2, 0) is 10.5 Å². The van der Waals surface area contributed by atoms with Crippen molar-refractivity contribution in [1.29, 1.82) is 10.5 Å². The number of thioether (sulfide) groups is 1. The fraction of sp³-hybridized carbons (Fsp3) is 0.217. The molecule has 0 amide bonds. The summed E-state index contributed by atoms with van der Waals surface area (Å²) in [6.07, 6.45) is 1.74. The first kappa shape index (κ1) is 22.1. The molecule has 1 aromatic carbocycles. The van der Waals surface area contributed by atoms with Crippen molar-refractivity contribution in [3.05, 3.63) is 65.0 Å². The summed E-state index contributed by atoms with van der Waals surface area (Å²) in [5.41, 5.74) is 9.74. The largest absolute Gasteiger partial charge is 0.491 e. The molecule has 0 bridgehead atoms. The normalized spacial score (nSPS) is 10.3. The van der Waals surface area contributed by atoms with Crippen LogP contribution in [0.2, 0.25) is 0 Å². The van der Waals surface area contributed by atoms with Crippen molar-refractivity contribution in [2.45, 2.75) is 17.7 Å². The highest BCUT2D eigenvalue weighted by atomic mass is 32.2. The molecule has 156 valence electrons. The summed E-state index contributed by atoms with van der Waals surface area (Å²) in [7, 11) is 1.61. The van der Waals surface area contributed by atoms with Crippen molar-refractivity contribution in [2.24, 2.45) is 0 Å². The number of aryl methyl sites for hydroxylation is 1. The summed E-state index contributed by atoms with van der Waals surface area (Å²) in [5, 5.41) is 20.1. The topological polar surface area (TPSA) is 118 Å². The lowest BCUT2D eigenvalue weighted by Crippen LogP contribution is -2.05. The van der Waals surface area contributed by atoms with Gasteiger partial charge in [-0.1, -0.05) is 18.2 Å². The number of hydrogen-bond acceptors (Lipinski definition) is 8. The molecular formula is C23H21N5O2S. The maximum absolute atomic E-state index is 9.92. The monoisotopic (exact) mass is 431 g/mol. The van der Waals surface area contributed by atoms with E-state index in [0.717, 1.165) is 11.3 Å². The van der Waals surface area contributed by atoms with E-state index in [1.807, 2.05) is 19.1 Å². The van der Waals surface area contributed by atoms with Crippen LogP contribution in [0.5, 0.6) is 5.75 Å². The second kappa shape index (κ2) is 10.4. The molecule has 0 aliphatic carbocycles. The molecule has 31 heavy (non-hydrogen) atoms. The van der Waals surface area contributed by atoms with Gasteiger partial charge in [0.15, 0.2) is 0 Å². The minimum absolute atomic E-state index is 0.0994. The summed E-state index contributed by atoms with van der Waals surface area (Å²) in [4.78, 5) is 8.64. The van der Waals surface area contributed by atoms with Crippen LogP contribution in [0.15, 0.2) is 47.6 Å². The zero-order valence-corrected chi connectivity index (χ0v) is 18.1. The average Bonchev–Trinajstić information content (AvgIpc) is 2.78. The number of pyridine rings is 2. The van der Waals surface area contributed by atoms with Gasteiger partial charge in [0.25, 0.3) is 0 Å². The number of ether oxygens (including phenoxy) is 2. The van der Waals surface area contributed by atoms with Crippen LogP contribution < -0.4 is 10.5 Å². The fourth-order valence-corrected chi connectivity index (χ4v) is 4.02. The van der Waals surface area contributed by atoms with Gasteiger partial charge >= 0.3 is 0 Å². The summed E-state index contributed by atoms with van der Waals surface area (Å²) < 4.78 is 10.6. The molecule has 2 aromatic heterocycles. The van der Waals surface area contributed by atoms with Crippen LogP contribution in [0.3, 0.4) is 0 Å². The van der Waals surface area contributed by atoms with Crippen LogP contribution in [0.25, 0.3) is 11.1 Å². The van der Waals surface area contributed by atoms with Crippen molar-refractivity contribution < 1.29 is 9.47 Å². The number of anilines is 1. The molecule has 0 fully saturated rings. The van der Waals surface area contributed by atoms with E-state index in [-0.39, 0.29) is 11.4 Å². The van der Waals surface area contributed by atoms with E-state index in [1.54, 1.807) is 37.6 Å². The standard InChI is InChI=1S/C23H21N5O2S/c1-15-17(4-3-9-27-15)14-31-23-20(13-25)21(19(12-24)22(26)28-23)16-5-7-18(8-6-16)30-11-10-29-2/h3-9H,10-11,14H2,1-2H3,(H2,26,28). The second-order valence-corrected chi connectivity index (χ2v) is 7.52. The molecule has 0 radical (unpaired) electrons. The van der Waals surface area contributed by atoms with Crippen LogP contribution in [0, 0.1) is 29.6 Å². The summed E-state index contributed by atoms with van der Waals surface area (Å²) >= 11 is 1.40. The molecule has 0 spiro atoms. The number of benzene rings is 1. The Balaban J connectivity index is 1.98. The van der Waals surface area contributed by atoms with Gasteiger partial charge in [-0.05, 0) is 36.2 Å². The summed E-state index contributed by atoms with van der Waals surface area (Å²) in [5.74, 6) is 1.35. The van der Waals surface area contributed by atoms with E-state index >= 15 is 0 Å². The van der Waals surface area contributed by atoms with Crippen molar-refractivity contribution in [2.75, 3.05) is 26.1 Å². The number of nitrogens with two attached hydrogens (primary N) is 1. The third-order valence-electron chi connectivity index (χ3n) is 4.60. The van der Waals surface area contributed by atoms with Crippen molar-refractivity contribution in [3.63, 3.8) is 0 Å². The quantitative estimate of drug-likeness (QED) is 0.418. The highest BCUT2D eigenvalue weighted by Gasteiger charge is 2.20. The smallest absolute Gasteiger partial charge is 0.143 e. The summed E-state index contributed by atoms with van der Waals surface area (Å²) in [6.45, 7) is 2.85. The molecule has 0 saturated carbocycles. The van der Waals surface area contributed by atoms with Crippen LogP contribution in [0.1, 0.15) is 22.4 Å². The zero-order valence-electron chi connectivity index (χ0n) is 17.3. The highest BCUT2D eigenvalue weighted by Crippen LogP contribution is 2.37. The molecule has 2 N–H and O–H groups in total. The number of hydrogen-bond donors (Lipinski definition) is 1. The van der Waals surface area contributed by atoms with Gasteiger partial charge in [-0.15, -0.1) is 11.8 Å². The van der Waals surface area contributed by atoms with Crippen molar-refractivity contribution in [1.82, 2.24) is 9.97 Å². The Morgan fingerprint density at radius 3 is 2.45 bits per heavy atom. The van der Waals surface area contributed by atoms with Gasteiger partial charge in [0.05, 0.1) is 12.2 Å². The molecule has 3 rings (SSSR count). The van der Waals surface area contributed by atoms with Gasteiger partial charge in [0.2, 0.25) is 0 Å². The number of rotatable bonds is 8. The molecule has 0 aliphatic heterocycles. The SMILES string of the molecule is COCCOc1ccc(-c2c(C#N)c(N)nc(SCc3cccnc3C)c2C#N)cc1. The van der Waals surface area contributed by atoms with Gasteiger partial charge in [-0.3, -0.25) is 4.98 Å². The summed E-state index contributed by atoms with van der Waals surface area (Å²) in [6, 6.07) is 15.4. The number of nitrogens with zero attached hydrogens (tertiary/aromatic N) is 4. The number of nitriles is 2. The molecule has 7 nitrogen and oxygen atoms in total. The minimum atomic E-state index is 0.0994.